The zero-order valence-electron chi connectivity index (χ0n) is 9.97. The Morgan fingerprint density at radius 2 is 1.89 bits per heavy atom. The van der Waals surface area contributed by atoms with Crippen molar-refractivity contribution in [3.63, 3.8) is 0 Å². The van der Waals surface area contributed by atoms with Crippen molar-refractivity contribution < 1.29 is 14.2 Å². The lowest BCUT2D eigenvalue weighted by Crippen LogP contribution is -2.11. The third-order valence-electron chi connectivity index (χ3n) is 2.54. The standard InChI is InChI=1S/C14H12FNO2S/c15-10-3-6-13(12(7-10)14(16)19)18-11-4-1-9(8-17)2-5-11/h1-7,17H,8H2,(H2,16,19). The van der Waals surface area contributed by atoms with E-state index in [4.69, 9.17) is 27.8 Å². The van der Waals surface area contributed by atoms with Crippen molar-refractivity contribution in [1.29, 1.82) is 0 Å². The highest BCUT2D eigenvalue weighted by Gasteiger charge is 2.09. The highest BCUT2D eigenvalue weighted by atomic mass is 32.1. The van der Waals surface area contributed by atoms with Gasteiger partial charge < -0.3 is 15.6 Å². The summed E-state index contributed by atoms with van der Waals surface area (Å²) in [5.74, 6) is 0.526. The van der Waals surface area contributed by atoms with E-state index in [-0.39, 0.29) is 11.6 Å². The lowest BCUT2D eigenvalue weighted by atomic mass is 10.2. The van der Waals surface area contributed by atoms with Gasteiger partial charge in [-0.3, -0.25) is 0 Å². The largest absolute Gasteiger partial charge is 0.457 e. The summed E-state index contributed by atoms with van der Waals surface area (Å²) in [6, 6.07) is 10.9. The summed E-state index contributed by atoms with van der Waals surface area (Å²) in [5, 5.41) is 8.95. The topological polar surface area (TPSA) is 55.5 Å². The Morgan fingerprint density at radius 1 is 1.21 bits per heavy atom. The summed E-state index contributed by atoms with van der Waals surface area (Å²) >= 11 is 4.86. The number of benzene rings is 2. The van der Waals surface area contributed by atoms with Crippen molar-refractivity contribution in [1.82, 2.24) is 0 Å². The second kappa shape index (κ2) is 5.77. The molecular weight excluding hydrogens is 265 g/mol. The maximum atomic E-state index is 13.1. The first-order valence-electron chi connectivity index (χ1n) is 5.57. The smallest absolute Gasteiger partial charge is 0.137 e. The Morgan fingerprint density at radius 3 is 2.47 bits per heavy atom. The molecule has 0 heterocycles. The molecule has 19 heavy (non-hydrogen) atoms. The number of aliphatic hydroxyl groups is 1. The average Bonchev–Trinajstić information content (AvgIpc) is 2.41. The molecule has 3 N–H and O–H groups in total. The molecule has 0 atom stereocenters. The van der Waals surface area contributed by atoms with E-state index in [2.05, 4.69) is 0 Å². The van der Waals surface area contributed by atoms with Crippen LogP contribution in [0.2, 0.25) is 0 Å². The van der Waals surface area contributed by atoms with Gasteiger partial charge in [-0.05, 0) is 35.9 Å². The van der Waals surface area contributed by atoms with Crippen LogP contribution < -0.4 is 10.5 Å². The molecule has 0 bridgehead atoms. The number of hydrogen-bond acceptors (Lipinski definition) is 3. The molecule has 0 unspecified atom stereocenters. The van der Waals surface area contributed by atoms with Crippen LogP contribution in [0.4, 0.5) is 4.39 Å². The van der Waals surface area contributed by atoms with Crippen LogP contribution in [0.3, 0.4) is 0 Å². The average molecular weight is 277 g/mol. The molecule has 0 saturated heterocycles. The van der Waals surface area contributed by atoms with Crippen molar-refractivity contribution in [2.45, 2.75) is 6.61 Å². The Bertz CT molecular complexity index is 599. The van der Waals surface area contributed by atoms with Gasteiger partial charge in [-0.2, -0.15) is 0 Å². The van der Waals surface area contributed by atoms with Gasteiger partial charge in [0.1, 0.15) is 22.3 Å². The van der Waals surface area contributed by atoms with E-state index in [9.17, 15) is 4.39 Å². The van der Waals surface area contributed by atoms with Crippen LogP contribution in [-0.4, -0.2) is 10.1 Å². The highest BCUT2D eigenvalue weighted by molar-refractivity contribution is 7.80. The maximum absolute atomic E-state index is 13.1. The van der Waals surface area contributed by atoms with Crippen LogP contribution in [0.15, 0.2) is 42.5 Å². The molecule has 0 amide bonds. The zero-order valence-corrected chi connectivity index (χ0v) is 10.8. The van der Waals surface area contributed by atoms with Gasteiger partial charge in [0.25, 0.3) is 0 Å². The normalized spacial score (nSPS) is 10.2. The molecule has 98 valence electrons. The Hall–Kier alpha value is -1.98. The highest BCUT2D eigenvalue weighted by Crippen LogP contribution is 2.26. The predicted molar refractivity (Wildman–Crippen MR) is 74.7 cm³/mol. The first-order chi connectivity index (χ1) is 9.10. The van der Waals surface area contributed by atoms with Gasteiger partial charge in [0.2, 0.25) is 0 Å². The van der Waals surface area contributed by atoms with Crippen LogP contribution in [-0.2, 0) is 6.61 Å². The molecule has 0 aliphatic carbocycles. The van der Waals surface area contributed by atoms with Crippen molar-refractivity contribution in [3.8, 4) is 11.5 Å². The van der Waals surface area contributed by atoms with E-state index in [0.29, 0.717) is 17.1 Å². The first kappa shape index (κ1) is 13.5. The summed E-state index contributed by atoms with van der Waals surface area (Å²) in [4.78, 5) is 0.0708. The molecule has 3 nitrogen and oxygen atoms in total. The Balaban J connectivity index is 2.29. The van der Waals surface area contributed by atoms with Gasteiger partial charge in [-0.1, -0.05) is 24.4 Å². The van der Waals surface area contributed by atoms with Crippen molar-refractivity contribution >= 4 is 17.2 Å². The van der Waals surface area contributed by atoms with E-state index in [0.717, 1.165) is 5.56 Å². The molecule has 0 radical (unpaired) electrons. The Kier molecular flexibility index (Phi) is 4.09. The quantitative estimate of drug-likeness (QED) is 0.844. The summed E-state index contributed by atoms with van der Waals surface area (Å²) in [6.07, 6.45) is 0. The maximum Gasteiger partial charge on any atom is 0.137 e. The summed E-state index contributed by atoms with van der Waals surface area (Å²) < 4.78 is 18.8. The molecule has 2 aromatic carbocycles. The van der Waals surface area contributed by atoms with E-state index in [1.54, 1.807) is 24.3 Å². The van der Waals surface area contributed by atoms with Crippen LogP contribution in [0.25, 0.3) is 0 Å². The second-order valence-electron chi connectivity index (χ2n) is 3.91. The molecular formula is C14H12FNO2S. The number of aliphatic hydroxyl groups excluding tert-OH is 1. The van der Waals surface area contributed by atoms with E-state index in [1.807, 2.05) is 0 Å². The fraction of sp³-hybridized carbons (Fsp3) is 0.0714. The Labute approximate surface area is 115 Å². The van der Waals surface area contributed by atoms with Gasteiger partial charge >= 0.3 is 0 Å². The van der Waals surface area contributed by atoms with Crippen LogP contribution in [0.5, 0.6) is 11.5 Å². The number of halogens is 1. The fourth-order valence-electron chi connectivity index (χ4n) is 1.57. The summed E-state index contributed by atoms with van der Waals surface area (Å²) in [5.41, 5.74) is 6.66. The number of nitrogens with two attached hydrogens (primary N) is 1. The van der Waals surface area contributed by atoms with E-state index in [1.165, 1.54) is 18.2 Å². The third kappa shape index (κ3) is 3.27. The lowest BCUT2D eigenvalue weighted by molar-refractivity contribution is 0.281. The minimum Gasteiger partial charge on any atom is -0.457 e. The van der Waals surface area contributed by atoms with Gasteiger partial charge in [-0.25, -0.2) is 4.39 Å². The molecule has 2 aromatic rings. The number of rotatable bonds is 4. The van der Waals surface area contributed by atoms with E-state index >= 15 is 0 Å². The number of thiocarbonyl (C=S) groups is 1. The second-order valence-corrected chi connectivity index (χ2v) is 4.35. The minimum atomic E-state index is -0.425. The lowest BCUT2D eigenvalue weighted by Gasteiger charge is -2.10. The van der Waals surface area contributed by atoms with Crippen molar-refractivity contribution in [2.75, 3.05) is 0 Å². The number of hydrogen-bond donors (Lipinski definition) is 2. The first-order valence-corrected chi connectivity index (χ1v) is 5.98. The molecule has 5 heteroatoms. The van der Waals surface area contributed by atoms with Crippen LogP contribution in [0.1, 0.15) is 11.1 Å². The van der Waals surface area contributed by atoms with Gasteiger partial charge in [-0.15, -0.1) is 0 Å². The van der Waals surface area contributed by atoms with Gasteiger partial charge in [0.05, 0.1) is 12.2 Å². The molecule has 0 aromatic heterocycles. The SMILES string of the molecule is NC(=S)c1cc(F)ccc1Oc1ccc(CO)cc1. The predicted octanol–water partition coefficient (Wildman–Crippen LogP) is 2.74. The zero-order chi connectivity index (χ0) is 13.8. The molecule has 2 rings (SSSR count). The molecule has 0 spiro atoms. The molecule has 0 aliphatic rings. The van der Waals surface area contributed by atoms with Gasteiger partial charge in [0.15, 0.2) is 0 Å². The number of ether oxygens (including phenoxy) is 1. The molecule has 0 saturated carbocycles. The molecule has 0 fully saturated rings. The van der Waals surface area contributed by atoms with E-state index < -0.39 is 5.82 Å². The van der Waals surface area contributed by atoms with Crippen molar-refractivity contribution in [3.05, 3.63) is 59.4 Å². The fourth-order valence-corrected chi connectivity index (χ4v) is 1.73. The monoisotopic (exact) mass is 277 g/mol. The minimum absolute atomic E-state index is 0.0328. The summed E-state index contributed by atoms with van der Waals surface area (Å²) in [7, 11) is 0. The molecule has 0 aliphatic heterocycles. The van der Waals surface area contributed by atoms with Crippen LogP contribution >= 0.6 is 12.2 Å². The van der Waals surface area contributed by atoms with Crippen molar-refractivity contribution in [2.24, 2.45) is 5.73 Å². The third-order valence-corrected chi connectivity index (χ3v) is 2.76. The summed E-state index contributed by atoms with van der Waals surface area (Å²) in [6.45, 7) is -0.0328. The van der Waals surface area contributed by atoms with Gasteiger partial charge in [0, 0.05) is 0 Å². The van der Waals surface area contributed by atoms with Crippen LogP contribution in [0, 0.1) is 5.82 Å².